The van der Waals surface area contributed by atoms with Gasteiger partial charge in [0.05, 0.1) is 13.2 Å². The van der Waals surface area contributed by atoms with Gasteiger partial charge in [-0.05, 0) is 46.2 Å². The highest BCUT2D eigenvalue weighted by Gasteiger charge is 2.56. The van der Waals surface area contributed by atoms with Crippen molar-refractivity contribution in [2.24, 2.45) is 0 Å². The van der Waals surface area contributed by atoms with E-state index in [1.165, 1.54) is 6.07 Å². The second-order valence-corrected chi connectivity index (χ2v) is 9.58. The molecule has 0 aliphatic carbocycles. The number of benzene rings is 1. The molecule has 3 rings (SSSR count). The number of methoxy groups -OCH3 is 1. The largest absolute Gasteiger partial charge is 0.508 e. The van der Waals surface area contributed by atoms with Crippen LogP contribution in [-0.2, 0) is 20.6 Å². The van der Waals surface area contributed by atoms with Crippen LogP contribution in [0.3, 0.4) is 0 Å². The lowest BCUT2D eigenvalue weighted by Gasteiger charge is -2.44. The van der Waals surface area contributed by atoms with Crippen LogP contribution in [0, 0.1) is 12.7 Å². The first-order chi connectivity index (χ1) is 17.8. The fourth-order valence-electron chi connectivity index (χ4n) is 4.07. The van der Waals surface area contributed by atoms with Gasteiger partial charge < -0.3 is 44.1 Å². The van der Waals surface area contributed by atoms with Gasteiger partial charge in [0, 0.05) is 29.8 Å². The zero-order valence-electron chi connectivity index (χ0n) is 22.1. The van der Waals surface area contributed by atoms with Crippen molar-refractivity contribution >= 4 is 6.16 Å². The Hall–Kier alpha value is -2.97. The summed E-state index contributed by atoms with van der Waals surface area (Å²) in [6, 6.07) is 4.30. The fourth-order valence-corrected chi connectivity index (χ4v) is 4.07. The van der Waals surface area contributed by atoms with E-state index in [2.05, 4.69) is 9.84 Å². The van der Waals surface area contributed by atoms with Gasteiger partial charge in [0.25, 0.3) is 0 Å². The Morgan fingerprint density at radius 1 is 1.21 bits per heavy atom. The van der Waals surface area contributed by atoms with E-state index in [1.54, 1.807) is 23.7 Å². The summed E-state index contributed by atoms with van der Waals surface area (Å²) in [6.07, 6.45) is -8.56. The lowest BCUT2D eigenvalue weighted by atomic mass is 9.97. The van der Waals surface area contributed by atoms with Crippen LogP contribution >= 0.6 is 0 Å². The molecule has 1 aliphatic heterocycles. The first-order valence-electron chi connectivity index (χ1n) is 12.1. The van der Waals surface area contributed by atoms with Crippen molar-refractivity contribution < 1.29 is 53.3 Å². The van der Waals surface area contributed by atoms with Crippen LogP contribution in [0.5, 0.6) is 11.6 Å². The Morgan fingerprint density at radius 2 is 1.89 bits per heavy atom. The molecule has 0 saturated carbocycles. The van der Waals surface area contributed by atoms with E-state index in [9.17, 15) is 29.6 Å². The maximum Gasteiger partial charge on any atom is 0.508 e. The van der Waals surface area contributed by atoms with E-state index < -0.39 is 49.0 Å². The predicted octanol–water partition coefficient (Wildman–Crippen LogP) is 1.58. The Bertz CT molecular complexity index is 1120. The van der Waals surface area contributed by atoms with Crippen LogP contribution < -0.4 is 9.47 Å². The second kappa shape index (κ2) is 11.8. The maximum atomic E-state index is 15.0. The number of ether oxygens (including phenoxy) is 5. The highest BCUT2D eigenvalue weighted by atomic mass is 19.1. The quantitative estimate of drug-likeness (QED) is 0.269. The molecule has 1 saturated heterocycles. The van der Waals surface area contributed by atoms with Gasteiger partial charge in [0.1, 0.15) is 36.5 Å². The minimum absolute atomic E-state index is 0.00604. The fraction of sp³-hybridized carbons (Fsp3) is 0.600. The van der Waals surface area contributed by atoms with Gasteiger partial charge in [-0.2, -0.15) is 0 Å². The third kappa shape index (κ3) is 6.35. The number of carbonyl (C=O) groups excluding carboxylic acids is 1. The van der Waals surface area contributed by atoms with E-state index in [0.29, 0.717) is 17.0 Å². The summed E-state index contributed by atoms with van der Waals surface area (Å²) in [5, 5.41) is 46.6. The highest BCUT2D eigenvalue weighted by molar-refractivity contribution is 5.59. The minimum Gasteiger partial charge on any atom is -0.491 e. The molecule has 0 unspecified atom stereocenters. The van der Waals surface area contributed by atoms with Crippen LogP contribution in [0.25, 0.3) is 0 Å². The summed E-state index contributed by atoms with van der Waals surface area (Å²) in [4.78, 5) is 11.3. The van der Waals surface area contributed by atoms with E-state index in [4.69, 9.17) is 18.9 Å². The van der Waals surface area contributed by atoms with Crippen molar-refractivity contribution in [2.75, 3.05) is 13.7 Å². The van der Waals surface area contributed by atoms with E-state index in [-0.39, 0.29) is 30.0 Å². The van der Waals surface area contributed by atoms with E-state index >= 15 is 0 Å². The summed E-state index contributed by atoms with van der Waals surface area (Å²) in [5.41, 5.74) is 1.26. The third-order valence-corrected chi connectivity index (χ3v) is 6.01. The Kier molecular flexibility index (Phi) is 9.21. The van der Waals surface area contributed by atoms with Gasteiger partial charge in [0.2, 0.25) is 5.88 Å². The molecule has 5 atom stereocenters. The summed E-state index contributed by atoms with van der Waals surface area (Å²) < 4.78 is 42.2. The topological polar surface area (TPSA) is 162 Å². The molecule has 1 aromatic carbocycles. The van der Waals surface area contributed by atoms with Gasteiger partial charge in [-0.1, -0.05) is 6.07 Å². The van der Waals surface area contributed by atoms with Crippen molar-refractivity contribution in [1.82, 2.24) is 9.78 Å². The molecule has 1 fully saturated rings. The average Bonchev–Trinajstić information content (AvgIpc) is 3.15. The Balaban J connectivity index is 1.94. The summed E-state index contributed by atoms with van der Waals surface area (Å²) in [5.74, 6) is -3.27. The standard InChI is InChI=1S/C25H35FN2O10/c1-12(2)28-14(5)17(9-15-7-8-16(10-18(15)26)36-13(3)4)23(27-28)38-25(33)22(31)21(30)20(29)19(37-25)11-35-24(32)34-6/h7-8,10,12-13,19-22,29-31,33H,9,11H2,1-6H3/t19-,20-,21+,22-,25+/m1/s1. The molecule has 13 heteroatoms. The normalized spacial score (nSPS) is 25.5. The summed E-state index contributed by atoms with van der Waals surface area (Å²) in [7, 11) is 1.07. The number of aliphatic hydroxyl groups excluding tert-OH is 3. The molecular weight excluding hydrogens is 507 g/mol. The number of nitrogens with zero attached hydrogens (tertiary/aromatic N) is 2. The van der Waals surface area contributed by atoms with E-state index in [0.717, 1.165) is 7.11 Å². The minimum atomic E-state index is -2.91. The smallest absolute Gasteiger partial charge is 0.491 e. The van der Waals surface area contributed by atoms with Crippen LogP contribution in [0.2, 0.25) is 0 Å². The van der Waals surface area contributed by atoms with Crippen molar-refractivity contribution in [3.63, 3.8) is 0 Å². The lowest BCUT2D eigenvalue weighted by molar-refractivity contribution is -0.423. The molecule has 2 aromatic rings. The summed E-state index contributed by atoms with van der Waals surface area (Å²) >= 11 is 0. The van der Waals surface area contributed by atoms with Crippen LogP contribution in [0.1, 0.15) is 50.6 Å². The second-order valence-electron chi connectivity index (χ2n) is 9.58. The molecule has 0 bridgehead atoms. The number of aliphatic hydroxyl groups is 4. The molecule has 0 amide bonds. The first kappa shape index (κ1) is 29.6. The van der Waals surface area contributed by atoms with Crippen molar-refractivity contribution in [2.45, 2.75) is 83.6 Å². The van der Waals surface area contributed by atoms with E-state index in [1.807, 2.05) is 27.7 Å². The van der Waals surface area contributed by atoms with Crippen molar-refractivity contribution in [1.29, 1.82) is 0 Å². The maximum absolute atomic E-state index is 15.0. The predicted molar refractivity (Wildman–Crippen MR) is 129 cm³/mol. The van der Waals surface area contributed by atoms with Gasteiger partial charge in [-0.25, -0.2) is 9.18 Å². The highest BCUT2D eigenvalue weighted by Crippen LogP contribution is 2.35. The van der Waals surface area contributed by atoms with Crippen LogP contribution in [0.4, 0.5) is 9.18 Å². The average molecular weight is 543 g/mol. The number of hydrogen-bond donors (Lipinski definition) is 4. The lowest BCUT2D eigenvalue weighted by Crippen LogP contribution is -2.67. The SMILES string of the molecule is COC(=O)OC[C@H]1O[C@](O)(Oc2nn(C(C)C)c(C)c2Cc2ccc(OC(C)C)cc2F)[C@H](O)[C@@H](O)[C@@H]1O. The number of carbonyl (C=O) groups is 1. The number of halogens is 1. The summed E-state index contributed by atoms with van der Waals surface area (Å²) in [6.45, 7) is 8.46. The van der Waals surface area contributed by atoms with Gasteiger partial charge in [-0.15, -0.1) is 5.10 Å². The molecule has 212 valence electrons. The molecular formula is C25H35FN2O10. The monoisotopic (exact) mass is 542 g/mol. The number of hydrogen-bond acceptors (Lipinski definition) is 11. The Labute approximate surface area is 219 Å². The zero-order valence-corrected chi connectivity index (χ0v) is 22.1. The van der Waals surface area contributed by atoms with Crippen molar-refractivity contribution in [3.8, 4) is 11.6 Å². The molecule has 4 N–H and O–H groups in total. The Morgan fingerprint density at radius 3 is 2.47 bits per heavy atom. The number of aromatic nitrogens is 2. The molecule has 1 aromatic heterocycles. The van der Waals surface area contributed by atoms with Gasteiger partial charge in [0.15, 0.2) is 6.10 Å². The first-order valence-corrected chi connectivity index (χ1v) is 12.1. The van der Waals surface area contributed by atoms with Crippen LogP contribution in [-0.4, -0.2) is 86.6 Å². The molecule has 0 spiro atoms. The zero-order chi connectivity index (χ0) is 28.4. The molecule has 1 aliphatic rings. The third-order valence-electron chi connectivity index (χ3n) is 6.01. The molecule has 0 radical (unpaired) electrons. The molecule has 2 heterocycles. The van der Waals surface area contributed by atoms with Crippen LogP contribution in [0.15, 0.2) is 18.2 Å². The van der Waals surface area contributed by atoms with Gasteiger partial charge >= 0.3 is 12.1 Å². The van der Waals surface area contributed by atoms with Crippen molar-refractivity contribution in [3.05, 3.63) is 40.8 Å². The van der Waals surface area contributed by atoms with Gasteiger partial charge in [-0.3, -0.25) is 4.68 Å². The molecule has 12 nitrogen and oxygen atoms in total. The molecule has 38 heavy (non-hydrogen) atoms. The number of rotatable bonds is 9.